The second-order valence-corrected chi connectivity index (χ2v) is 7.30. The van der Waals surface area contributed by atoms with Crippen molar-refractivity contribution in [2.45, 2.75) is 44.2 Å². The fourth-order valence-corrected chi connectivity index (χ4v) is 4.53. The van der Waals surface area contributed by atoms with Crippen molar-refractivity contribution in [1.29, 1.82) is 0 Å². The summed E-state index contributed by atoms with van der Waals surface area (Å²) in [6.45, 7) is 0.794. The van der Waals surface area contributed by atoms with Crippen molar-refractivity contribution in [1.82, 2.24) is 9.80 Å². The van der Waals surface area contributed by atoms with Crippen LogP contribution in [0.5, 0.6) is 0 Å². The van der Waals surface area contributed by atoms with Crippen LogP contribution in [0.4, 0.5) is 0 Å². The number of piperazine rings is 1. The van der Waals surface area contributed by atoms with E-state index in [0.717, 1.165) is 43.2 Å². The van der Waals surface area contributed by atoms with Crippen molar-refractivity contribution >= 4 is 11.8 Å². The lowest BCUT2D eigenvalue weighted by Crippen LogP contribution is -2.66. The lowest BCUT2D eigenvalue weighted by molar-refractivity contribution is -0.191. The zero-order chi connectivity index (χ0) is 16.7. The van der Waals surface area contributed by atoms with Crippen LogP contribution in [-0.2, 0) is 21.7 Å². The van der Waals surface area contributed by atoms with Crippen LogP contribution in [0, 0.1) is 5.92 Å². The Balaban J connectivity index is 1.63. The summed E-state index contributed by atoms with van der Waals surface area (Å²) in [7, 11) is 0. The topological polar surface area (TPSA) is 60.9 Å². The summed E-state index contributed by atoms with van der Waals surface area (Å²) in [6, 6.07) is 7.71. The molecule has 2 aliphatic heterocycles. The van der Waals surface area contributed by atoms with E-state index in [4.69, 9.17) is 0 Å². The number of nitrogens with zero attached hydrogens (tertiary/aromatic N) is 2. The predicted octanol–water partition coefficient (Wildman–Crippen LogP) is 1.64. The van der Waals surface area contributed by atoms with E-state index in [1.807, 2.05) is 24.3 Å². The van der Waals surface area contributed by atoms with Gasteiger partial charge in [-0.05, 0) is 24.8 Å². The fraction of sp³-hybridized carbons (Fsp3) is 0.579. The van der Waals surface area contributed by atoms with Crippen molar-refractivity contribution in [3.63, 3.8) is 0 Å². The highest BCUT2D eigenvalue weighted by molar-refractivity contribution is 5.88. The van der Waals surface area contributed by atoms with Crippen molar-refractivity contribution in [3.8, 4) is 0 Å². The summed E-state index contributed by atoms with van der Waals surface area (Å²) >= 11 is 0. The minimum absolute atomic E-state index is 0.0144. The molecule has 1 N–H and O–H groups in total. The summed E-state index contributed by atoms with van der Waals surface area (Å²) in [6.07, 6.45) is 5.91. The van der Waals surface area contributed by atoms with Crippen LogP contribution in [0.25, 0.3) is 0 Å². The Kier molecular flexibility index (Phi) is 3.83. The number of hydrogen-bond donors (Lipinski definition) is 1. The molecule has 2 heterocycles. The number of carbonyl (C=O) groups excluding carboxylic acids is 2. The third-order valence-corrected chi connectivity index (χ3v) is 5.80. The Morgan fingerprint density at radius 3 is 2.71 bits per heavy atom. The molecule has 1 aromatic rings. The van der Waals surface area contributed by atoms with Crippen LogP contribution in [-0.4, -0.2) is 46.4 Å². The number of β-amino-alcohol motifs (C(OH)–C–C–N with tert-alkyl or cyclic N) is 1. The van der Waals surface area contributed by atoms with E-state index in [1.165, 1.54) is 6.42 Å². The smallest absolute Gasteiger partial charge is 0.244 e. The van der Waals surface area contributed by atoms with Gasteiger partial charge in [0.15, 0.2) is 5.72 Å². The first-order chi connectivity index (χ1) is 11.6. The van der Waals surface area contributed by atoms with E-state index < -0.39 is 5.72 Å². The first kappa shape index (κ1) is 15.6. The highest BCUT2D eigenvalue weighted by Gasteiger charge is 2.49. The zero-order valence-electron chi connectivity index (χ0n) is 13.9. The molecule has 5 nitrogen and oxygen atoms in total. The highest BCUT2D eigenvalue weighted by atomic mass is 16.3. The average molecular weight is 328 g/mol. The van der Waals surface area contributed by atoms with E-state index in [1.54, 1.807) is 9.80 Å². The molecule has 1 atom stereocenters. The van der Waals surface area contributed by atoms with E-state index in [0.29, 0.717) is 6.54 Å². The SMILES string of the molecule is O=C(C1CCCCC1)N1CC(=O)N2CCc3ccccc3C2(O)C1. The van der Waals surface area contributed by atoms with E-state index >= 15 is 0 Å². The van der Waals surface area contributed by atoms with Gasteiger partial charge in [-0.25, -0.2) is 0 Å². The molecule has 1 unspecified atom stereocenters. The molecule has 2 amide bonds. The van der Waals surface area contributed by atoms with Crippen LogP contribution in [0.1, 0.15) is 43.2 Å². The molecule has 24 heavy (non-hydrogen) atoms. The van der Waals surface area contributed by atoms with Crippen LogP contribution >= 0.6 is 0 Å². The van der Waals surface area contributed by atoms with E-state index in [2.05, 4.69) is 0 Å². The maximum Gasteiger partial charge on any atom is 0.244 e. The van der Waals surface area contributed by atoms with Crippen molar-refractivity contribution in [2.24, 2.45) is 5.92 Å². The molecule has 0 aromatic heterocycles. The molecule has 0 radical (unpaired) electrons. The van der Waals surface area contributed by atoms with Gasteiger partial charge in [0, 0.05) is 18.0 Å². The molecule has 1 aliphatic carbocycles. The summed E-state index contributed by atoms with van der Waals surface area (Å²) in [4.78, 5) is 28.6. The van der Waals surface area contributed by atoms with Gasteiger partial charge < -0.3 is 14.9 Å². The van der Waals surface area contributed by atoms with Gasteiger partial charge in [-0.2, -0.15) is 0 Å². The largest absolute Gasteiger partial charge is 0.365 e. The van der Waals surface area contributed by atoms with Crippen molar-refractivity contribution in [2.75, 3.05) is 19.6 Å². The molecule has 0 spiro atoms. The number of hydrogen-bond acceptors (Lipinski definition) is 3. The second-order valence-electron chi connectivity index (χ2n) is 7.30. The summed E-state index contributed by atoms with van der Waals surface area (Å²) < 4.78 is 0. The molecular weight excluding hydrogens is 304 g/mol. The first-order valence-electron chi connectivity index (χ1n) is 8.99. The summed E-state index contributed by atoms with van der Waals surface area (Å²) in [5, 5.41) is 11.3. The molecule has 2 fully saturated rings. The molecule has 0 bridgehead atoms. The lowest BCUT2D eigenvalue weighted by atomic mass is 9.85. The van der Waals surface area contributed by atoms with E-state index in [9.17, 15) is 14.7 Å². The Labute approximate surface area is 142 Å². The molecule has 1 saturated heterocycles. The van der Waals surface area contributed by atoms with Gasteiger partial charge in [0.25, 0.3) is 0 Å². The van der Waals surface area contributed by atoms with Crippen LogP contribution in [0.15, 0.2) is 24.3 Å². The molecule has 3 aliphatic rings. The Hall–Kier alpha value is -1.88. The number of rotatable bonds is 1. The molecule has 4 rings (SSSR count). The van der Waals surface area contributed by atoms with Gasteiger partial charge in [-0.3, -0.25) is 9.59 Å². The average Bonchev–Trinajstić information content (AvgIpc) is 2.61. The third kappa shape index (κ3) is 2.42. The lowest BCUT2D eigenvalue weighted by Gasteiger charge is -2.50. The molecular formula is C19H24N2O3. The van der Waals surface area contributed by atoms with Crippen molar-refractivity contribution < 1.29 is 14.7 Å². The monoisotopic (exact) mass is 328 g/mol. The summed E-state index contributed by atoms with van der Waals surface area (Å²) in [5.41, 5.74) is 0.455. The Morgan fingerprint density at radius 1 is 1.17 bits per heavy atom. The normalized spacial score (nSPS) is 27.6. The quantitative estimate of drug-likeness (QED) is 0.852. The van der Waals surface area contributed by atoms with Gasteiger partial charge in [-0.15, -0.1) is 0 Å². The van der Waals surface area contributed by atoms with Gasteiger partial charge in [0.05, 0.1) is 6.54 Å². The minimum atomic E-state index is -1.38. The van der Waals surface area contributed by atoms with Gasteiger partial charge in [0.2, 0.25) is 11.8 Å². The molecule has 1 aromatic carbocycles. The van der Waals surface area contributed by atoms with Gasteiger partial charge >= 0.3 is 0 Å². The van der Waals surface area contributed by atoms with Crippen LogP contribution in [0.2, 0.25) is 0 Å². The Bertz CT molecular complexity index is 668. The number of aliphatic hydroxyl groups is 1. The van der Waals surface area contributed by atoms with E-state index in [-0.39, 0.29) is 30.8 Å². The maximum atomic E-state index is 12.9. The fourth-order valence-electron chi connectivity index (χ4n) is 4.53. The third-order valence-electron chi connectivity index (χ3n) is 5.80. The standard InChI is InChI=1S/C19H24N2O3/c22-17-12-20(18(23)15-7-2-1-3-8-15)13-19(24)16-9-5-4-6-14(16)10-11-21(17)19/h4-6,9,15,24H,1-3,7-8,10-13H2. The zero-order valence-corrected chi connectivity index (χ0v) is 13.9. The van der Waals surface area contributed by atoms with Crippen LogP contribution < -0.4 is 0 Å². The van der Waals surface area contributed by atoms with Gasteiger partial charge in [-0.1, -0.05) is 43.5 Å². The van der Waals surface area contributed by atoms with Crippen molar-refractivity contribution in [3.05, 3.63) is 35.4 Å². The predicted molar refractivity (Wildman–Crippen MR) is 88.9 cm³/mol. The molecule has 5 heteroatoms. The highest BCUT2D eigenvalue weighted by Crippen LogP contribution is 2.37. The molecule has 1 saturated carbocycles. The number of amides is 2. The minimum Gasteiger partial charge on any atom is -0.365 e. The first-order valence-corrected chi connectivity index (χ1v) is 8.99. The Morgan fingerprint density at radius 2 is 1.92 bits per heavy atom. The number of carbonyl (C=O) groups is 2. The second kappa shape index (κ2) is 5.88. The number of fused-ring (bicyclic) bond motifs is 3. The maximum absolute atomic E-state index is 12.9. The van der Waals surface area contributed by atoms with Gasteiger partial charge in [0.1, 0.15) is 6.54 Å². The summed E-state index contributed by atoms with van der Waals surface area (Å²) in [5.74, 6) is -0.0953. The number of benzene rings is 1. The molecule has 128 valence electrons. The van der Waals surface area contributed by atoms with Crippen LogP contribution in [0.3, 0.4) is 0 Å².